The molecule has 1 aromatic carbocycles. The number of carbonyl (C=O) groups is 1. The summed E-state index contributed by atoms with van der Waals surface area (Å²) in [4.78, 5) is 24.9. The number of carbonyl (C=O) groups excluding carboxylic acids is 1. The van der Waals surface area contributed by atoms with Gasteiger partial charge in [-0.3, -0.25) is 10.1 Å². The molecule has 0 saturated heterocycles. The van der Waals surface area contributed by atoms with Crippen molar-refractivity contribution in [1.82, 2.24) is 4.90 Å². The highest BCUT2D eigenvalue weighted by atomic mass is 16.6. The molecule has 0 spiro atoms. The van der Waals surface area contributed by atoms with E-state index in [-0.39, 0.29) is 23.8 Å². The largest absolute Gasteiger partial charge is 0.457 e. The number of nitro benzene ring substituents is 1. The van der Waals surface area contributed by atoms with Crippen LogP contribution in [0.2, 0.25) is 0 Å². The first kappa shape index (κ1) is 17.9. The van der Waals surface area contributed by atoms with Gasteiger partial charge in [0.25, 0.3) is 5.69 Å². The van der Waals surface area contributed by atoms with E-state index in [1.807, 2.05) is 14.1 Å². The first-order chi connectivity index (χ1) is 12.0. The van der Waals surface area contributed by atoms with Crippen LogP contribution in [0.3, 0.4) is 0 Å². The van der Waals surface area contributed by atoms with Crippen LogP contribution in [0, 0.1) is 22.0 Å². The van der Waals surface area contributed by atoms with Gasteiger partial charge in [-0.15, -0.1) is 0 Å². The van der Waals surface area contributed by atoms with Gasteiger partial charge in [-0.2, -0.15) is 0 Å². The normalized spacial score (nSPS) is 29.1. The second-order valence-electron chi connectivity index (χ2n) is 7.55. The van der Waals surface area contributed by atoms with Gasteiger partial charge in [-0.1, -0.05) is 25.7 Å². The molecule has 2 aliphatic carbocycles. The maximum atomic E-state index is 12.5. The first-order valence-corrected chi connectivity index (χ1v) is 9.07. The fourth-order valence-corrected chi connectivity index (χ4v) is 4.42. The molecule has 3 rings (SSSR count). The Labute approximate surface area is 148 Å². The summed E-state index contributed by atoms with van der Waals surface area (Å²) in [6.45, 7) is 0. The highest BCUT2D eigenvalue weighted by Crippen LogP contribution is 2.42. The Balaban J connectivity index is 1.70. The molecule has 136 valence electrons. The number of hydrogen-bond acceptors (Lipinski definition) is 5. The van der Waals surface area contributed by atoms with Gasteiger partial charge >= 0.3 is 5.97 Å². The van der Waals surface area contributed by atoms with Gasteiger partial charge in [-0.05, 0) is 50.9 Å². The average molecular weight is 346 g/mol. The molecule has 0 aliphatic heterocycles. The number of nitrogens with zero attached hydrogens (tertiary/aromatic N) is 2. The van der Waals surface area contributed by atoms with Crippen molar-refractivity contribution in [2.24, 2.45) is 11.8 Å². The molecule has 0 N–H and O–H groups in total. The summed E-state index contributed by atoms with van der Waals surface area (Å²) in [5.41, 5.74) is 0.347. The van der Waals surface area contributed by atoms with Crippen molar-refractivity contribution in [3.05, 3.63) is 39.9 Å². The summed E-state index contributed by atoms with van der Waals surface area (Å²) in [5.74, 6) is 1.01. The van der Waals surface area contributed by atoms with E-state index in [0.29, 0.717) is 11.5 Å². The molecule has 2 fully saturated rings. The van der Waals surface area contributed by atoms with Gasteiger partial charge in [0, 0.05) is 18.2 Å². The van der Waals surface area contributed by atoms with E-state index >= 15 is 0 Å². The smallest absolute Gasteiger partial charge is 0.338 e. The molecule has 1 aromatic rings. The molecule has 2 aliphatic rings. The van der Waals surface area contributed by atoms with Gasteiger partial charge in [0.2, 0.25) is 0 Å². The molecule has 0 heterocycles. The zero-order valence-electron chi connectivity index (χ0n) is 14.9. The number of non-ortho nitro benzene ring substituents is 1. The SMILES string of the molecule is CN(C)[C@@H]1C[C@@H]2CCCC[C@@H]2C[C@@H]1OC(=O)c1ccc([N+](=O)[O-])cc1. The molecule has 0 bridgehead atoms. The van der Waals surface area contributed by atoms with Crippen LogP contribution >= 0.6 is 0 Å². The number of nitro groups is 1. The third kappa shape index (κ3) is 4.00. The summed E-state index contributed by atoms with van der Waals surface area (Å²) < 4.78 is 5.85. The predicted octanol–water partition coefficient (Wildman–Crippen LogP) is 3.65. The zero-order valence-corrected chi connectivity index (χ0v) is 14.9. The van der Waals surface area contributed by atoms with Crippen LogP contribution in [-0.4, -0.2) is 42.0 Å². The van der Waals surface area contributed by atoms with Crippen LogP contribution in [0.15, 0.2) is 24.3 Å². The van der Waals surface area contributed by atoms with E-state index in [0.717, 1.165) is 18.8 Å². The van der Waals surface area contributed by atoms with E-state index in [2.05, 4.69) is 4.90 Å². The molecular weight excluding hydrogens is 320 g/mol. The summed E-state index contributed by atoms with van der Waals surface area (Å²) in [6, 6.07) is 5.87. The summed E-state index contributed by atoms with van der Waals surface area (Å²) >= 11 is 0. The van der Waals surface area contributed by atoms with Crippen molar-refractivity contribution < 1.29 is 14.5 Å². The Kier molecular flexibility index (Phi) is 5.37. The Hall–Kier alpha value is -1.95. The number of esters is 1. The molecule has 4 atom stereocenters. The maximum Gasteiger partial charge on any atom is 0.338 e. The standard InChI is InChI=1S/C19H26N2O4/c1-20(2)17-11-14-5-3-4-6-15(14)12-18(17)25-19(22)13-7-9-16(10-8-13)21(23)24/h7-10,14-15,17-18H,3-6,11-12H2,1-2H3/t14-,15+,17+,18-/m0/s1. The third-order valence-corrected chi connectivity index (χ3v) is 5.81. The van der Waals surface area contributed by atoms with Gasteiger partial charge < -0.3 is 9.64 Å². The van der Waals surface area contributed by atoms with E-state index in [1.165, 1.54) is 49.9 Å². The van der Waals surface area contributed by atoms with Gasteiger partial charge in [0.15, 0.2) is 0 Å². The van der Waals surface area contributed by atoms with Crippen molar-refractivity contribution in [1.29, 1.82) is 0 Å². The van der Waals surface area contributed by atoms with Crippen LogP contribution in [0.5, 0.6) is 0 Å². The number of benzene rings is 1. The van der Waals surface area contributed by atoms with Gasteiger partial charge in [0.1, 0.15) is 6.10 Å². The van der Waals surface area contributed by atoms with Crippen molar-refractivity contribution in [3.8, 4) is 0 Å². The second-order valence-corrected chi connectivity index (χ2v) is 7.55. The lowest BCUT2D eigenvalue weighted by Crippen LogP contribution is -2.49. The molecule has 0 amide bonds. The number of hydrogen-bond donors (Lipinski definition) is 0. The van der Waals surface area contributed by atoms with E-state index < -0.39 is 4.92 Å². The monoisotopic (exact) mass is 346 g/mol. The third-order valence-electron chi connectivity index (χ3n) is 5.81. The van der Waals surface area contributed by atoms with Crippen LogP contribution in [-0.2, 0) is 4.74 Å². The molecule has 6 nitrogen and oxygen atoms in total. The fraction of sp³-hybridized carbons (Fsp3) is 0.632. The summed E-state index contributed by atoms with van der Waals surface area (Å²) in [7, 11) is 4.08. The number of fused-ring (bicyclic) bond motifs is 1. The van der Waals surface area contributed by atoms with Crippen molar-refractivity contribution in [2.75, 3.05) is 14.1 Å². The summed E-state index contributed by atoms with van der Waals surface area (Å²) in [5, 5.41) is 10.7. The second kappa shape index (κ2) is 7.52. The maximum absolute atomic E-state index is 12.5. The topological polar surface area (TPSA) is 72.7 Å². The van der Waals surface area contributed by atoms with Crippen molar-refractivity contribution in [2.45, 2.75) is 50.7 Å². The Bertz CT molecular complexity index is 629. The molecule has 6 heteroatoms. The van der Waals surface area contributed by atoms with Crippen LogP contribution in [0.4, 0.5) is 5.69 Å². The Morgan fingerprint density at radius 2 is 1.72 bits per heavy atom. The minimum atomic E-state index is -0.471. The molecular formula is C19H26N2O4. The van der Waals surface area contributed by atoms with Crippen LogP contribution in [0.1, 0.15) is 48.9 Å². The number of rotatable bonds is 4. The molecule has 0 unspecified atom stereocenters. The van der Waals surface area contributed by atoms with Gasteiger partial charge in [-0.25, -0.2) is 4.79 Å². The predicted molar refractivity (Wildman–Crippen MR) is 94.5 cm³/mol. The highest BCUT2D eigenvalue weighted by Gasteiger charge is 2.40. The van der Waals surface area contributed by atoms with Crippen molar-refractivity contribution in [3.63, 3.8) is 0 Å². The van der Waals surface area contributed by atoms with Crippen LogP contribution in [0.25, 0.3) is 0 Å². The van der Waals surface area contributed by atoms with Crippen molar-refractivity contribution >= 4 is 11.7 Å². The minimum absolute atomic E-state index is 0.0227. The lowest BCUT2D eigenvalue weighted by molar-refractivity contribution is -0.384. The number of likely N-dealkylation sites (N-methyl/N-ethyl adjacent to an activating group) is 1. The van der Waals surface area contributed by atoms with Crippen LogP contribution < -0.4 is 0 Å². The number of ether oxygens (including phenoxy) is 1. The minimum Gasteiger partial charge on any atom is -0.457 e. The van der Waals surface area contributed by atoms with E-state index in [9.17, 15) is 14.9 Å². The quantitative estimate of drug-likeness (QED) is 0.473. The fourth-order valence-electron chi connectivity index (χ4n) is 4.42. The first-order valence-electron chi connectivity index (χ1n) is 9.07. The Morgan fingerprint density at radius 1 is 1.12 bits per heavy atom. The van der Waals surface area contributed by atoms with E-state index in [1.54, 1.807) is 0 Å². The summed E-state index contributed by atoms with van der Waals surface area (Å²) in [6.07, 6.45) is 7.00. The molecule has 25 heavy (non-hydrogen) atoms. The lowest BCUT2D eigenvalue weighted by Gasteiger charge is -2.45. The molecule has 2 saturated carbocycles. The Morgan fingerprint density at radius 3 is 2.28 bits per heavy atom. The lowest BCUT2D eigenvalue weighted by atomic mass is 9.68. The average Bonchev–Trinajstić information content (AvgIpc) is 2.61. The molecule has 0 radical (unpaired) electrons. The van der Waals surface area contributed by atoms with Gasteiger partial charge in [0.05, 0.1) is 10.5 Å². The van der Waals surface area contributed by atoms with E-state index in [4.69, 9.17) is 4.74 Å². The zero-order chi connectivity index (χ0) is 18.0. The molecule has 0 aromatic heterocycles. The highest BCUT2D eigenvalue weighted by molar-refractivity contribution is 5.89.